The van der Waals surface area contributed by atoms with Crippen molar-refractivity contribution in [2.24, 2.45) is 28.1 Å². The summed E-state index contributed by atoms with van der Waals surface area (Å²) in [6.45, 7) is 17.7. The Balaban J connectivity index is 2.38. The molecular formula is C32H53F3N6O7S. The molecule has 1 unspecified atom stereocenters. The molecular weight excluding hydrogens is 669 g/mol. The average molecular weight is 723 g/mol. The van der Waals surface area contributed by atoms with Gasteiger partial charge in [0, 0.05) is 39.1 Å². The molecule has 2 rings (SSSR count). The van der Waals surface area contributed by atoms with Gasteiger partial charge in [0.15, 0.2) is 0 Å². The number of nitrogens with one attached hydrogen (secondary N) is 4. The Kier molecular flexibility index (Phi) is 12.8. The lowest BCUT2D eigenvalue weighted by molar-refractivity contribution is -0.148. The van der Waals surface area contributed by atoms with Gasteiger partial charge in [-0.1, -0.05) is 61.5 Å². The molecule has 0 aromatic heterocycles. The van der Waals surface area contributed by atoms with Gasteiger partial charge in [-0.05, 0) is 34.5 Å². The predicted molar refractivity (Wildman–Crippen MR) is 177 cm³/mol. The second-order valence-electron chi connectivity index (χ2n) is 15.8. The van der Waals surface area contributed by atoms with Gasteiger partial charge in [0.05, 0.1) is 12.3 Å². The number of Topliss-reactive ketones (excluding diaryl/α,β-unsaturated/α-hetero) is 1. The molecule has 1 saturated heterocycles. The van der Waals surface area contributed by atoms with Crippen LogP contribution >= 0.6 is 0 Å². The third-order valence-corrected chi connectivity index (χ3v) is 10.8. The minimum atomic E-state index is -4.67. The van der Waals surface area contributed by atoms with Gasteiger partial charge >= 0.3 is 12.2 Å². The fourth-order valence-corrected chi connectivity index (χ4v) is 6.55. The highest BCUT2D eigenvalue weighted by Gasteiger charge is 2.70. The van der Waals surface area contributed by atoms with E-state index in [0.29, 0.717) is 0 Å². The van der Waals surface area contributed by atoms with Crippen molar-refractivity contribution in [2.75, 3.05) is 32.9 Å². The third-order valence-electron chi connectivity index (χ3n) is 9.49. The summed E-state index contributed by atoms with van der Waals surface area (Å²) in [7, 11) is -2.18. The van der Waals surface area contributed by atoms with Crippen LogP contribution < -0.4 is 21.3 Å². The highest BCUT2D eigenvalue weighted by Crippen LogP contribution is 2.65. The van der Waals surface area contributed by atoms with Crippen molar-refractivity contribution in [3.05, 3.63) is 12.7 Å². The Hall–Kier alpha value is -3.21. The first-order chi connectivity index (χ1) is 22.0. The number of rotatable bonds is 14. The van der Waals surface area contributed by atoms with Crippen LogP contribution in [0.3, 0.4) is 0 Å². The summed E-state index contributed by atoms with van der Waals surface area (Å²) in [5, 5.41) is 10.0. The van der Waals surface area contributed by atoms with Gasteiger partial charge in [-0.3, -0.25) is 19.2 Å². The van der Waals surface area contributed by atoms with Crippen LogP contribution in [0.4, 0.5) is 18.0 Å². The quantitative estimate of drug-likeness (QED) is 0.157. The molecule has 0 bridgehead atoms. The molecule has 49 heavy (non-hydrogen) atoms. The summed E-state index contributed by atoms with van der Waals surface area (Å²) in [5.41, 5.74) is -1.89. The van der Waals surface area contributed by atoms with Crippen LogP contribution in [0, 0.1) is 28.1 Å². The zero-order chi connectivity index (χ0) is 38.1. The van der Waals surface area contributed by atoms with Crippen molar-refractivity contribution >= 4 is 39.6 Å². The number of carbonyl (C=O) groups is 5. The maximum atomic E-state index is 14.2. The number of fused-ring (bicyclic) bond motifs is 1. The van der Waals surface area contributed by atoms with E-state index in [0.717, 1.165) is 10.6 Å². The number of amides is 5. The number of halogens is 3. The lowest BCUT2D eigenvalue weighted by atomic mass is 9.85. The fraction of sp³-hybridized carbons (Fsp3) is 0.781. The Morgan fingerprint density at radius 3 is 2.04 bits per heavy atom. The minimum absolute atomic E-state index is 0.0451. The summed E-state index contributed by atoms with van der Waals surface area (Å²) < 4.78 is 64.7. The standard InChI is InChI=1S/C32H53F3N6O7S/c1-12-15-36-26(44)23(42)19(13-14-32(33,34)35)37-25(43)22-21-18(31(21,8)9)16-41(22)27(45)24(30(5,6)7)39-28(46)38-20(29(2,3)4)17-40(10)49(11,47)48/h12,18-22,24H,1,13-17H2,2-11H3,(H,36,44)(H,37,43)(H2,38,39,46)/t18-,19?,20+,21-,22-,24+/m0/s1. The van der Waals surface area contributed by atoms with Gasteiger partial charge in [-0.15, -0.1) is 6.58 Å². The highest BCUT2D eigenvalue weighted by atomic mass is 32.2. The number of hydrogen-bond donors (Lipinski definition) is 4. The molecule has 1 saturated carbocycles. The number of ketones is 1. The Morgan fingerprint density at radius 1 is 1.00 bits per heavy atom. The maximum absolute atomic E-state index is 14.2. The van der Waals surface area contributed by atoms with E-state index in [-0.39, 0.29) is 25.6 Å². The number of carbonyl (C=O) groups excluding carboxylic acids is 5. The molecule has 2 fully saturated rings. The van der Waals surface area contributed by atoms with E-state index < -0.39 is 105 Å². The molecule has 0 radical (unpaired) electrons. The molecule has 0 aromatic rings. The van der Waals surface area contributed by atoms with Crippen LogP contribution in [-0.4, -0.2) is 110 Å². The molecule has 4 N–H and O–H groups in total. The summed E-state index contributed by atoms with van der Waals surface area (Å²) in [6, 6.07) is -5.60. The first-order valence-corrected chi connectivity index (χ1v) is 18.0. The van der Waals surface area contributed by atoms with Crippen molar-refractivity contribution in [3.8, 4) is 0 Å². The number of nitrogens with zero attached hydrogens (tertiary/aromatic N) is 2. The first kappa shape index (κ1) is 42.0. The van der Waals surface area contributed by atoms with Gasteiger partial charge in [0.2, 0.25) is 27.6 Å². The predicted octanol–water partition coefficient (Wildman–Crippen LogP) is 2.19. The number of hydrogen-bond acceptors (Lipinski definition) is 7. The van der Waals surface area contributed by atoms with Crippen molar-refractivity contribution in [3.63, 3.8) is 0 Å². The second kappa shape index (κ2) is 15.0. The number of alkyl halides is 3. The van der Waals surface area contributed by atoms with Crippen molar-refractivity contribution in [1.82, 2.24) is 30.5 Å². The summed E-state index contributed by atoms with van der Waals surface area (Å²) in [4.78, 5) is 68.1. The molecule has 0 aromatic carbocycles. The summed E-state index contributed by atoms with van der Waals surface area (Å²) in [5.74, 6) is -4.47. The van der Waals surface area contributed by atoms with Crippen LogP contribution in [-0.2, 0) is 29.2 Å². The highest BCUT2D eigenvalue weighted by molar-refractivity contribution is 7.88. The van der Waals surface area contributed by atoms with E-state index in [4.69, 9.17) is 0 Å². The van der Waals surface area contributed by atoms with E-state index in [1.165, 1.54) is 18.0 Å². The largest absolute Gasteiger partial charge is 0.389 e. The Morgan fingerprint density at radius 2 is 1.57 bits per heavy atom. The molecule has 2 aliphatic rings. The normalized spacial score (nSPS) is 22.3. The van der Waals surface area contributed by atoms with Crippen LogP contribution in [0.1, 0.15) is 68.2 Å². The molecule has 1 aliphatic heterocycles. The minimum Gasteiger partial charge on any atom is -0.346 e. The Labute approximate surface area is 287 Å². The molecule has 280 valence electrons. The van der Waals surface area contributed by atoms with Gasteiger partial charge in [-0.25, -0.2) is 17.5 Å². The average Bonchev–Trinajstić information content (AvgIpc) is 3.25. The molecule has 1 heterocycles. The fourth-order valence-electron chi connectivity index (χ4n) is 6.13. The van der Waals surface area contributed by atoms with Crippen LogP contribution in [0.25, 0.3) is 0 Å². The lowest BCUT2D eigenvalue weighted by Gasteiger charge is -2.39. The lowest BCUT2D eigenvalue weighted by Crippen LogP contribution is -2.62. The summed E-state index contributed by atoms with van der Waals surface area (Å²) in [6.07, 6.45) is -4.67. The molecule has 1 aliphatic carbocycles. The SMILES string of the molecule is C=CCNC(=O)C(=O)C(CCC(F)(F)F)NC(=O)[C@@H]1[C@@H]2[C@H](CN1C(=O)[C@@H](NC(=O)N[C@H](CN(C)S(C)(=O)=O)C(C)(C)C)C(C)(C)C)C2(C)C. The van der Waals surface area contributed by atoms with Crippen molar-refractivity contribution < 1.29 is 45.6 Å². The van der Waals surface area contributed by atoms with E-state index in [1.807, 2.05) is 34.6 Å². The number of urea groups is 1. The van der Waals surface area contributed by atoms with E-state index in [1.54, 1.807) is 20.8 Å². The molecule has 6 atom stereocenters. The molecule has 17 heteroatoms. The van der Waals surface area contributed by atoms with E-state index >= 15 is 0 Å². The number of likely N-dealkylation sites (tertiary alicyclic amines) is 1. The van der Waals surface area contributed by atoms with Crippen LogP contribution in [0.5, 0.6) is 0 Å². The zero-order valence-electron chi connectivity index (χ0n) is 30.1. The van der Waals surface area contributed by atoms with E-state index in [9.17, 15) is 45.6 Å². The second-order valence-corrected chi connectivity index (χ2v) is 17.9. The Bertz CT molecular complexity index is 1400. The smallest absolute Gasteiger partial charge is 0.346 e. The van der Waals surface area contributed by atoms with Gasteiger partial charge in [0.1, 0.15) is 12.1 Å². The van der Waals surface area contributed by atoms with Crippen molar-refractivity contribution in [2.45, 2.75) is 98.6 Å². The van der Waals surface area contributed by atoms with E-state index in [2.05, 4.69) is 27.8 Å². The molecule has 0 spiro atoms. The monoisotopic (exact) mass is 722 g/mol. The molecule has 13 nitrogen and oxygen atoms in total. The van der Waals surface area contributed by atoms with Gasteiger partial charge < -0.3 is 26.2 Å². The number of piperidine rings is 1. The maximum Gasteiger partial charge on any atom is 0.389 e. The van der Waals surface area contributed by atoms with Crippen LogP contribution in [0.2, 0.25) is 0 Å². The first-order valence-electron chi connectivity index (χ1n) is 16.1. The van der Waals surface area contributed by atoms with Crippen LogP contribution in [0.15, 0.2) is 12.7 Å². The number of likely N-dealkylation sites (N-methyl/N-ethyl adjacent to an activating group) is 1. The van der Waals surface area contributed by atoms with Gasteiger partial charge in [0.25, 0.3) is 5.91 Å². The number of sulfonamides is 1. The molecule has 5 amide bonds. The summed E-state index contributed by atoms with van der Waals surface area (Å²) >= 11 is 0. The topological polar surface area (TPSA) is 174 Å². The van der Waals surface area contributed by atoms with Crippen molar-refractivity contribution in [1.29, 1.82) is 0 Å². The zero-order valence-corrected chi connectivity index (χ0v) is 30.9. The third kappa shape index (κ3) is 10.9. The van der Waals surface area contributed by atoms with Gasteiger partial charge in [-0.2, -0.15) is 13.2 Å².